The largest absolute Gasteiger partial charge is 0.481 e. The van der Waals surface area contributed by atoms with E-state index in [1.54, 1.807) is 6.92 Å². The molecule has 0 atom stereocenters. The second kappa shape index (κ2) is 6.71. The van der Waals surface area contributed by atoms with Gasteiger partial charge in [-0.1, -0.05) is 6.92 Å². The smallest absolute Gasteiger partial charge is 0.310 e. The van der Waals surface area contributed by atoms with Crippen LogP contribution in [0.25, 0.3) is 0 Å². The first-order valence-corrected chi connectivity index (χ1v) is 4.78. The Balaban J connectivity index is 3.94. The normalized spacial score (nSPS) is 10.1. The molecule has 16 heavy (non-hydrogen) atoms. The molecule has 0 aliphatic rings. The molecule has 0 saturated carbocycles. The molecule has 0 aromatic heterocycles. The molecule has 0 bridgehead atoms. The standard InChI is InChI=1S/C10H14O6/c1-6(2-7(11)4-9(13)14)3-8(12)5-10(15)16/h6H,2-5H2,1H3,(H,13,14)(H,15,16). The lowest BCUT2D eigenvalue weighted by atomic mass is 9.96. The maximum absolute atomic E-state index is 11.1. The lowest BCUT2D eigenvalue weighted by Crippen LogP contribution is -2.15. The van der Waals surface area contributed by atoms with Crippen LogP contribution in [0.3, 0.4) is 0 Å². The molecule has 6 heteroatoms. The zero-order chi connectivity index (χ0) is 12.7. The Kier molecular flexibility index (Phi) is 5.99. The van der Waals surface area contributed by atoms with Crippen LogP contribution >= 0.6 is 0 Å². The van der Waals surface area contributed by atoms with Gasteiger partial charge in [0.05, 0.1) is 0 Å². The number of aliphatic carboxylic acids is 2. The van der Waals surface area contributed by atoms with Gasteiger partial charge in [-0.25, -0.2) is 0 Å². The van der Waals surface area contributed by atoms with Gasteiger partial charge >= 0.3 is 11.9 Å². The topological polar surface area (TPSA) is 109 Å². The number of carbonyl (C=O) groups is 4. The molecule has 0 heterocycles. The van der Waals surface area contributed by atoms with E-state index in [2.05, 4.69) is 0 Å². The summed E-state index contributed by atoms with van der Waals surface area (Å²) in [5, 5.41) is 16.7. The molecule has 0 rings (SSSR count). The summed E-state index contributed by atoms with van der Waals surface area (Å²) in [4.78, 5) is 42.5. The third-order valence-corrected chi connectivity index (χ3v) is 1.85. The van der Waals surface area contributed by atoms with Gasteiger partial charge in [0, 0.05) is 12.8 Å². The van der Waals surface area contributed by atoms with Crippen molar-refractivity contribution in [3.8, 4) is 0 Å². The van der Waals surface area contributed by atoms with Crippen molar-refractivity contribution in [1.82, 2.24) is 0 Å². The Labute approximate surface area is 92.3 Å². The first-order chi connectivity index (χ1) is 7.31. The van der Waals surface area contributed by atoms with Crippen LogP contribution in [0.1, 0.15) is 32.6 Å². The van der Waals surface area contributed by atoms with Gasteiger partial charge in [0.15, 0.2) is 0 Å². The van der Waals surface area contributed by atoms with Crippen LogP contribution in [-0.2, 0) is 19.2 Å². The SMILES string of the molecule is CC(CC(=O)CC(=O)O)CC(=O)CC(=O)O. The van der Waals surface area contributed by atoms with Gasteiger partial charge in [-0.05, 0) is 5.92 Å². The summed E-state index contributed by atoms with van der Waals surface area (Å²) in [7, 11) is 0. The zero-order valence-corrected chi connectivity index (χ0v) is 8.93. The highest BCUT2D eigenvalue weighted by molar-refractivity contribution is 5.96. The van der Waals surface area contributed by atoms with Crippen molar-refractivity contribution in [2.45, 2.75) is 32.6 Å². The number of carbonyl (C=O) groups excluding carboxylic acids is 2. The van der Waals surface area contributed by atoms with E-state index in [0.29, 0.717) is 0 Å². The van der Waals surface area contributed by atoms with Crippen LogP contribution in [-0.4, -0.2) is 33.7 Å². The third-order valence-electron chi connectivity index (χ3n) is 1.85. The van der Waals surface area contributed by atoms with Crippen LogP contribution in [0.5, 0.6) is 0 Å². The predicted molar refractivity (Wildman–Crippen MR) is 52.9 cm³/mol. The average molecular weight is 230 g/mol. The van der Waals surface area contributed by atoms with Crippen molar-refractivity contribution in [3.63, 3.8) is 0 Å². The molecule has 0 aliphatic carbocycles. The molecule has 0 aromatic rings. The molecular weight excluding hydrogens is 216 g/mol. The van der Waals surface area contributed by atoms with Crippen molar-refractivity contribution in [1.29, 1.82) is 0 Å². The molecule has 0 aromatic carbocycles. The second-order valence-electron chi connectivity index (χ2n) is 3.73. The lowest BCUT2D eigenvalue weighted by molar-refractivity contribution is -0.141. The van der Waals surface area contributed by atoms with Crippen LogP contribution in [0.4, 0.5) is 0 Å². The van der Waals surface area contributed by atoms with E-state index in [9.17, 15) is 19.2 Å². The number of carboxylic acid groups (broad SMARTS) is 2. The quantitative estimate of drug-likeness (QED) is 0.587. The fourth-order valence-electron chi connectivity index (χ4n) is 1.33. The number of rotatable bonds is 8. The van der Waals surface area contributed by atoms with Crippen LogP contribution in [0.15, 0.2) is 0 Å². The predicted octanol–water partition coefficient (Wildman–Crippen LogP) is 0.490. The highest BCUT2D eigenvalue weighted by atomic mass is 16.4. The second-order valence-corrected chi connectivity index (χ2v) is 3.73. The fraction of sp³-hybridized carbons (Fsp3) is 0.600. The monoisotopic (exact) mass is 230 g/mol. The van der Waals surface area contributed by atoms with Crippen molar-refractivity contribution >= 4 is 23.5 Å². The molecule has 6 nitrogen and oxygen atoms in total. The maximum atomic E-state index is 11.1. The van der Waals surface area contributed by atoms with Gasteiger partial charge in [0.25, 0.3) is 0 Å². The summed E-state index contributed by atoms with van der Waals surface area (Å²) in [5.74, 6) is -3.63. The van der Waals surface area contributed by atoms with Crippen LogP contribution in [0.2, 0.25) is 0 Å². The molecule has 0 unspecified atom stereocenters. The van der Waals surface area contributed by atoms with Gasteiger partial charge in [0.2, 0.25) is 0 Å². The molecule has 0 saturated heterocycles. The number of ketones is 2. The number of hydrogen-bond donors (Lipinski definition) is 2. The van der Waals surface area contributed by atoms with Gasteiger partial charge < -0.3 is 10.2 Å². The van der Waals surface area contributed by atoms with Gasteiger partial charge in [0.1, 0.15) is 24.4 Å². The minimum atomic E-state index is -1.20. The van der Waals surface area contributed by atoms with Crippen molar-refractivity contribution < 1.29 is 29.4 Å². The highest BCUT2D eigenvalue weighted by Gasteiger charge is 2.16. The van der Waals surface area contributed by atoms with Gasteiger partial charge in [-0.2, -0.15) is 0 Å². The number of hydrogen-bond acceptors (Lipinski definition) is 4. The minimum Gasteiger partial charge on any atom is -0.481 e. The minimum absolute atomic E-state index is 0.0162. The maximum Gasteiger partial charge on any atom is 0.310 e. The molecular formula is C10H14O6. The van der Waals surface area contributed by atoms with E-state index in [4.69, 9.17) is 10.2 Å². The van der Waals surface area contributed by atoms with E-state index >= 15 is 0 Å². The zero-order valence-electron chi connectivity index (χ0n) is 8.93. The first-order valence-electron chi connectivity index (χ1n) is 4.78. The van der Waals surface area contributed by atoms with Crippen LogP contribution in [0, 0.1) is 5.92 Å². The summed E-state index contributed by atoms with van der Waals surface area (Å²) in [6.07, 6.45) is -1.15. The van der Waals surface area contributed by atoms with Crippen LogP contribution < -0.4 is 0 Å². The van der Waals surface area contributed by atoms with Crippen molar-refractivity contribution in [2.24, 2.45) is 5.92 Å². The molecule has 0 spiro atoms. The first kappa shape index (κ1) is 14.3. The van der Waals surface area contributed by atoms with E-state index in [0.717, 1.165) is 0 Å². The molecule has 0 aliphatic heterocycles. The summed E-state index contributed by atoms with van der Waals surface area (Å²) < 4.78 is 0. The van der Waals surface area contributed by atoms with Crippen molar-refractivity contribution in [2.75, 3.05) is 0 Å². The molecule has 90 valence electrons. The summed E-state index contributed by atoms with van der Waals surface area (Å²) in [5.41, 5.74) is 0. The molecule has 0 amide bonds. The Morgan fingerprint density at radius 1 is 0.875 bits per heavy atom. The summed E-state index contributed by atoms with van der Waals surface area (Å²) >= 11 is 0. The van der Waals surface area contributed by atoms with Crippen molar-refractivity contribution in [3.05, 3.63) is 0 Å². The Morgan fingerprint density at radius 3 is 1.44 bits per heavy atom. The molecule has 2 N–H and O–H groups in total. The average Bonchev–Trinajstić information content (AvgIpc) is 1.97. The van der Waals surface area contributed by atoms with E-state index in [1.165, 1.54) is 0 Å². The van der Waals surface area contributed by atoms with Gasteiger partial charge in [-0.15, -0.1) is 0 Å². The Hall–Kier alpha value is -1.72. The Morgan fingerprint density at radius 2 is 1.19 bits per heavy atom. The molecule has 0 radical (unpaired) electrons. The molecule has 0 fully saturated rings. The fourth-order valence-corrected chi connectivity index (χ4v) is 1.33. The number of carboxylic acids is 2. The Bertz CT molecular complexity index is 276. The third kappa shape index (κ3) is 7.66. The lowest BCUT2D eigenvalue weighted by Gasteiger charge is -2.07. The summed E-state index contributed by atoms with van der Waals surface area (Å²) in [6.45, 7) is 1.61. The van der Waals surface area contributed by atoms with Gasteiger partial charge in [-0.3, -0.25) is 19.2 Å². The van der Waals surface area contributed by atoms with E-state index < -0.39 is 36.3 Å². The number of Topliss-reactive ketones (excluding diaryl/α,β-unsaturated/α-hetero) is 2. The van der Waals surface area contributed by atoms with E-state index in [-0.39, 0.29) is 18.8 Å². The summed E-state index contributed by atoms with van der Waals surface area (Å²) in [6, 6.07) is 0. The highest BCUT2D eigenvalue weighted by Crippen LogP contribution is 2.11. The van der Waals surface area contributed by atoms with E-state index in [1.807, 2.05) is 0 Å².